The van der Waals surface area contributed by atoms with Gasteiger partial charge in [0, 0.05) is 5.69 Å². The number of hydrogen-bond acceptors (Lipinski definition) is 5. The van der Waals surface area contributed by atoms with Crippen LogP contribution in [0.2, 0.25) is 0 Å². The van der Waals surface area contributed by atoms with Gasteiger partial charge in [-0.15, -0.1) is 0 Å². The van der Waals surface area contributed by atoms with Gasteiger partial charge in [0.15, 0.2) is 0 Å². The third kappa shape index (κ3) is 5.18. The molecule has 0 radical (unpaired) electrons. The molecule has 7 nitrogen and oxygen atoms in total. The predicted molar refractivity (Wildman–Crippen MR) is 92.8 cm³/mol. The monoisotopic (exact) mass is 336 g/mol. The highest BCUT2D eigenvalue weighted by Gasteiger charge is 2.13. The molecule has 0 heterocycles. The van der Waals surface area contributed by atoms with E-state index in [0.29, 0.717) is 17.0 Å². The molecule has 0 saturated carbocycles. The van der Waals surface area contributed by atoms with Gasteiger partial charge in [-0.1, -0.05) is 12.1 Å². The first kappa shape index (κ1) is 17.7. The summed E-state index contributed by atoms with van der Waals surface area (Å²) < 4.78 is 0. The third-order valence-corrected chi connectivity index (χ3v) is 3.31. The number of nitrogens with zero attached hydrogens (tertiary/aromatic N) is 2. The average Bonchev–Trinajstić information content (AvgIpc) is 2.61. The van der Waals surface area contributed by atoms with Crippen molar-refractivity contribution in [1.29, 1.82) is 5.26 Å². The van der Waals surface area contributed by atoms with Crippen molar-refractivity contribution in [2.24, 2.45) is 5.10 Å². The topological polar surface area (TPSA) is 115 Å². The summed E-state index contributed by atoms with van der Waals surface area (Å²) in [5, 5.41) is 24.2. The second-order valence-electron chi connectivity index (χ2n) is 5.17. The number of phenols is 1. The molecule has 126 valence electrons. The molecule has 7 heteroatoms. The Kier molecular flexibility index (Phi) is 5.85. The molecule has 0 atom stereocenters. The molecule has 25 heavy (non-hydrogen) atoms. The van der Waals surface area contributed by atoms with E-state index in [1.54, 1.807) is 43.3 Å². The summed E-state index contributed by atoms with van der Waals surface area (Å²) >= 11 is 0. The number of carbonyl (C=O) groups excluding carboxylic acids is 2. The summed E-state index contributed by atoms with van der Waals surface area (Å²) in [6, 6.07) is 14.9. The molecule has 2 rings (SSSR count). The highest BCUT2D eigenvalue weighted by Crippen LogP contribution is 2.11. The fraction of sp³-hybridized carbons (Fsp3) is 0.111. The molecule has 3 N–H and O–H groups in total. The van der Waals surface area contributed by atoms with Crippen LogP contribution >= 0.6 is 0 Å². The lowest BCUT2D eigenvalue weighted by atomic mass is 10.1. The fourth-order valence-corrected chi connectivity index (χ4v) is 1.94. The Morgan fingerprint density at radius 3 is 2.32 bits per heavy atom. The van der Waals surface area contributed by atoms with Crippen molar-refractivity contribution in [3.05, 3.63) is 59.7 Å². The van der Waals surface area contributed by atoms with Crippen LogP contribution in [0.15, 0.2) is 53.6 Å². The smallest absolute Gasteiger partial charge is 0.329 e. The molecule has 0 fully saturated rings. The van der Waals surface area contributed by atoms with Crippen molar-refractivity contribution < 1.29 is 14.7 Å². The zero-order valence-electron chi connectivity index (χ0n) is 13.5. The van der Waals surface area contributed by atoms with Crippen molar-refractivity contribution in [1.82, 2.24) is 5.43 Å². The van der Waals surface area contributed by atoms with E-state index in [-0.39, 0.29) is 12.2 Å². The normalized spacial score (nSPS) is 10.6. The molecule has 2 aromatic carbocycles. The third-order valence-electron chi connectivity index (χ3n) is 3.31. The molecule has 0 aliphatic heterocycles. The maximum Gasteiger partial charge on any atom is 0.329 e. The van der Waals surface area contributed by atoms with E-state index < -0.39 is 11.8 Å². The van der Waals surface area contributed by atoms with Gasteiger partial charge >= 0.3 is 11.8 Å². The van der Waals surface area contributed by atoms with Crippen molar-refractivity contribution in [3.8, 4) is 11.8 Å². The average molecular weight is 336 g/mol. The molecule has 0 aromatic heterocycles. The molecule has 0 bridgehead atoms. The van der Waals surface area contributed by atoms with Crippen LogP contribution in [0.1, 0.15) is 18.1 Å². The standard InChI is InChI=1S/C18H16N4O3/c1-12(14-4-8-16(23)9-5-14)21-22-18(25)17(24)20-15-6-2-13(3-7-15)10-11-19/h2-9,23H,10H2,1H3,(H,20,24)(H,22,25)/b21-12+. The summed E-state index contributed by atoms with van der Waals surface area (Å²) in [6.07, 6.45) is 0.278. The van der Waals surface area contributed by atoms with Gasteiger partial charge < -0.3 is 10.4 Å². The van der Waals surface area contributed by atoms with E-state index in [1.165, 1.54) is 12.1 Å². The number of nitriles is 1. The lowest BCUT2D eigenvalue weighted by Crippen LogP contribution is -2.32. The first-order valence-corrected chi connectivity index (χ1v) is 7.40. The molecule has 0 unspecified atom stereocenters. The van der Waals surface area contributed by atoms with Gasteiger partial charge in [-0.25, -0.2) is 5.43 Å². The number of hydrazone groups is 1. The minimum atomic E-state index is -0.903. The first-order chi connectivity index (χ1) is 12.0. The van der Waals surface area contributed by atoms with Gasteiger partial charge in [0.1, 0.15) is 5.75 Å². The van der Waals surface area contributed by atoms with E-state index >= 15 is 0 Å². The Morgan fingerprint density at radius 1 is 1.08 bits per heavy atom. The van der Waals surface area contributed by atoms with Gasteiger partial charge in [-0.3, -0.25) is 9.59 Å². The second-order valence-corrected chi connectivity index (χ2v) is 5.17. The van der Waals surface area contributed by atoms with Crippen LogP contribution in [0.5, 0.6) is 5.75 Å². The summed E-state index contributed by atoms with van der Waals surface area (Å²) in [7, 11) is 0. The molecular weight excluding hydrogens is 320 g/mol. The fourth-order valence-electron chi connectivity index (χ4n) is 1.94. The molecule has 2 aromatic rings. The minimum absolute atomic E-state index is 0.126. The summed E-state index contributed by atoms with van der Waals surface area (Å²) in [4.78, 5) is 23.6. The number of rotatable bonds is 4. The Hall–Kier alpha value is -3.66. The number of carbonyl (C=O) groups is 2. The van der Waals surface area contributed by atoms with Crippen LogP contribution in [0.25, 0.3) is 0 Å². The van der Waals surface area contributed by atoms with Crippen LogP contribution in [-0.2, 0) is 16.0 Å². The van der Waals surface area contributed by atoms with E-state index in [2.05, 4.69) is 15.8 Å². The highest BCUT2D eigenvalue weighted by atomic mass is 16.3. The molecule has 2 amide bonds. The molecular formula is C18H16N4O3. The predicted octanol–water partition coefficient (Wildman–Crippen LogP) is 1.94. The molecule has 0 saturated heterocycles. The van der Waals surface area contributed by atoms with Crippen molar-refractivity contribution in [2.45, 2.75) is 13.3 Å². The number of aromatic hydroxyl groups is 1. The van der Waals surface area contributed by atoms with Gasteiger partial charge in [0.2, 0.25) is 0 Å². The minimum Gasteiger partial charge on any atom is -0.508 e. The number of amides is 2. The van der Waals surface area contributed by atoms with Gasteiger partial charge in [0.25, 0.3) is 0 Å². The van der Waals surface area contributed by atoms with Gasteiger partial charge in [-0.2, -0.15) is 10.4 Å². The van der Waals surface area contributed by atoms with Crippen LogP contribution < -0.4 is 10.7 Å². The zero-order chi connectivity index (χ0) is 18.2. The van der Waals surface area contributed by atoms with Crippen molar-refractivity contribution in [3.63, 3.8) is 0 Å². The quantitative estimate of drug-likeness (QED) is 0.449. The zero-order valence-corrected chi connectivity index (χ0v) is 13.5. The van der Waals surface area contributed by atoms with Crippen LogP contribution in [-0.4, -0.2) is 22.6 Å². The Labute approximate surface area is 144 Å². The lowest BCUT2D eigenvalue weighted by molar-refractivity contribution is -0.136. The van der Waals surface area contributed by atoms with Gasteiger partial charge in [0.05, 0.1) is 18.2 Å². The number of hydrogen-bond donors (Lipinski definition) is 3. The largest absolute Gasteiger partial charge is 0.508 e. The van der Waals surface area contributed by atoms with Crippen LogP contribution in [0, 0.1) is 11.3 Å². The molecule has 0 spiro atoms. The Balaban J connectivity index is 1.93. The molecule has 0 aliphatic rings. The van der Waals surface area contributed by atoms with E-state index in [0.717, 1.165) is 5.56 Å². The maximum absolute atomic E-state index is 11.8. The van der Waals surface area contributed by atoms with E-state index in [1.807, 2.05) is 6.07 Å². The lowest BCUT2D eigenvalue weighted by Gasteiger charge is -2.05. The number of phenolic OH excluding ortho intramolecular Hbond substituents is 1. The van der Waals surface area contributed by atoms with Crippen molar-refractivity contribution >= 4 is 23.2 Å². The Morgan fingerprint density at radius 2 is 1.72 bits per heavy atom. The summed E-state index contributed by atoms with van der Waals surface area (Å²) in [5.41, 5.74) is 4.63. The number of benzene rings is 2. The van der Waals surface area contributed by atoms with E-state index in [4.69, 9.17) is 5.26 Å². The molecule has 0 aliphatic carbocycles. The maximum atomic E-state index is 11.8. The second kappa shape index (κ2) is 8.26. The Bertz CT molecular complexity index is 834. The van der Waals surface area contributed by atoms with Crippen LogP contribution in [0.3, 0.4) is 0 Å². The number of anilines is 1. The van der Waals surface area contributed by atoms with Gasteiger partial charge in [-0.05, 0) is 54.4 Å². The SMILES string of the molecule is C/C(=N\NC(=O)C(=O)Nc1ccc(CC#N)cc1)c1ccc(O)cc1. The number of nitrogens with one attached hydrogen (secondary N) is 2. The van der Waals surface area contributed by atoms with Crippen LogP contribution in [0.4, 0.5) is 5.69 Å². The van der Waals surface area contributed by atoms with E-state index in [9.17, 15) is 14.7 Å². The summed E-state index contributed by atoms with van der Waals surface area (Å²) in [6.45, 7) is 1.67. The highest BCUT2D eigenvalue weighted by molar-refractivity contribution is 6.39. The summed E-state index contributed by atoms with van der Waals surface area (Å²) in [5.74, 6) is -1.63. The first-order valence-electron chi connectivity index (χ1n) is 7.40. The van der Waals surface area contributed by atoms with Crippen molar-refractivity contribution in [2.75, 3.05) is 5.32 Å².